The SMILES string of the molecule is O=C(OCCCS(=O)(=O)[O-])c1ccc(O)cc1. The fraction of sp³-hybridized carbons (Fsp3) is 0.300. The van der Waals surface area contributed by atoms with E-state index in [0.717, 1.165) is 0 Å². The highest BCUT2D eigenvalue weighted by molar-refractivity contribution is 7.85. The Morgan fingerprint density at radius 1 is 1.29 bits per heavy atom. The molecular weight excluding hydrogens is 248 g/mol. The molecule has 6 nitrogen and oxygen atoms in total. The summed E-state index contributed by atoms with van der Waals surface area (Å²) in [4.78, 5) is 11.3. The molecule has 1 N–H and O–H groups in total. The number of carbonyl (C=O) groups is 1. The molecule has 0 aliphatic heterocycles. The van der Waals surface area contributed by atoms with E-state index in [9.17, 15) is 17.8 Å². The van der Waals surface area contributed by atoms with Crippen molar-refractivity contribution < 1.29 is 27.6 Å². The number of carbonyl (C=O) groups excluding carboxylic acids is 1. The third-order valence-corrected chi connectivity index (χ3v) is 2.66. The highest BCUT2D eigenvalue weighted by Gasteiger charge is 2.06. The summed E-state index contributed by atoms with van der Waals surface area (Å²) in [7, 11) is -4.27. The van der Waals surface area contributed by atoms with E-state index in [1.54, 1.807) is 0 Å². The van der Waals surface area contributed by atoms with Crippen molar-refractivity contribution in [2.24, 2.45) is 0 Å². The van der Waals surface area contributed by atoms with Crippen LogP contribution in [0.25, 0.3) is 0 Å². The van der Waals surface area contributed by atoms with Gasteiger partial charge in [-0.05, 0) is 30.7 Å². The van der Waals surface area contributed by atoms with Crippen LogP contribution in [-0.2, 0) is 14.9 Å². The summed E-state index contributed by atoms with van der Waals surface area (Å²) < 4.78 is 35.5. The van der Waals surface area contributed by atoms with E-state index in [1.807, 2.05) is 0 Å². The van der Waals surface area contributed by atoms with Crippen molar-refractivity contribution >= 4 is 16.1 Å². The van der Waals surface area contributed by atoms with Gasteiger partial charge < -0.3 is 14.4 Å². The Hall–Kier alpha value is -1.60. The van der Waals surface area contributed by atoms with Crippen molar-refractivity contribution in [3.05, 3.63) is 29.8 Å². The number of aromatic hydroxyl groups is 1. The number of rotatable bonds is 5. The highest BCUT2D eigenvalue weighted by Crippen LogP contribution is 2.10. The van der Waals surface area contributed by atoms with E-state index in [2.05, 4.69) is 0 Å². The second-order valence-corrected chi connectivity index (χ2v) is 4.82. The topological polar surface area (TPSA) is 104 Å². The standard InChI is InChI=1S/C10H12O6S/c11-9-4-2-8(3-5-9)10(12)16-6-1-7-17(13,14)15/h2-5,11H,1,6-7H2,(H,13,14,15)/p-1. The quantitative estimate of drug-likeness (QED) is 0.468. The number of phenols is 1. The van der Waals surface area contributed by atoms with Gasteiger partial charge in [0.25, 0.3) is 0 Å². The number of hydrogen-bond acceptors (Lipinski definition) is 6. The first-order valence-electron chi connectivity index (χ1n) is 4.78. The third kappa shape index (κ3) is 5.32. The van der Waals surface area contributed by atoms with Crippen molar-refractivity contribution in [3.8, 4) is 5.75 Å². The third-order valence-electron chi connectivity index (χ3n) is 1.87. The van der Waals surface area contributed by atoms with Gasteiger partial charge in [0, 0.05) is 5.75 Å². The molecule has 1 aromatic carbocycles. The lowest BCUT2D eigenvalue weighted by Crippen LogP contribution is -2.11. The van der Waals surface area contributed by atoms with Crippen molar-refractivity contribution in [1.82, 2.24) is 0 Å². The van der Waals surface area contributed by atoms with Crippen LogP contribution < -0.4 is 0 Å². The zero-order valence-electron chi connectivity index (χ0n) is 8.83. The predicted octanol–water partition coefficient (Wildman–Crippen LogP) is 0.484. The molecule has 1 rings (SSSR count). The molecule has 0 amide bonds. The molecule has 0 aromatic heterocycles. The van der Waals surface area contributed by atoms with Gasteiger partial charge in [0.15, 0.2) is 0 Å². The summed E-state index contributed by atoms with van der Waals surface area (Å²) in [6, 6.07) is 5.42. The molecule has 0 unspecified atom stereocenters. The number of phenolic OH excluding ortho intramolecular Hbond substituents is 1. The van der Waals surface area contributed by atoms with E-state index >= 15 is 0 Å². The zero-order chi connectivity index (χ0) is 12.9. The van der Waals surface area contributed by atoms with Crippen LogP contribution in [-0.4, -0.2) is 36.4 Å². The molecule has 0 aliphatic carbocycles. The van der Waals surface area contributed by atoms with Crippen LogP contribution in [0.4, 0.5) is 0 Å². The molecule has 0 fully saturated rings. The Morgan fingerprint density at radius 3 is 2.41 bits per heavy atom. The molecule has 0 aliphatic rings. The van der Waals surface area contributed by atoms with Crippen molar-refractivity contribution in [3.63, 3.8) is 0 Å². The fourth-order valence-corrected chi connectivity index (χ4v) is 1.55. The van der Waals surface area contributed by atoms with Gasteiger partial charge in [-0.15, -0.1) is 0 Å². The molecule has 0 spiro atoms. The maximum Gasteiger partial charge on any atom is 0.338 e. The van der Waals surface area contributed by atoms with Gasteiger partial charge in [-0.1, -0.05) is 0 Å². The molecule has 1 aromatic rings. The van der Waals surface area contributed by atoms with E-state index in [-0.39, 0.29) is 24.3 Å². The monoisotopic (exact) mass is 259 g/mol. The molecular formula is C10H11O6S-. The normalized spacial score (nSPS) is 11.1. The lowest BCUT2D eigenvalue weighted by molar-refractivity contribution is 0.0505. The first-order valence-corrected chi connectivity index (χ1v) is 6.36. The fourth-order valence-electron chi connectivity index (χ4n) is 1.08. The molecule has 0 atom stereocenters. The Labute approximate surface area is 98.6 Å². The largest absolute Gasteiger partial charge is 0.748 e. The van der Waals surface area contributed by atoms with Crippen LogP contribution in [0.3, 0.4) is 0 Å². The predicted molar refractivity (Wildman–Crippen MR) is 57.6 cm³/mol. The van der Waals surface area contributed by atoms with Crippen LogP contribution in [0.15, 0.2) is 24.3 Å². The lowest BCUT2D eigenvalue weighted by Gasteiger charge is -2.07. The maximum absolute atomic E-state index is 11.3. The van der Waals surface area contributed by atoms with Gasteiger partial charge in [-0.3, -0.25) is 0 Å². The van der Waals surface area contributed by atoms with Crippen LogP contribution in [0.5, 0.6) is 5.75 Å². The average Bonchev–Trinajstić information content (AvgIpc) is 2.24. The second kappa shape index (κ2) is 5.65. The van der Waals surface area contributed by atoms with Crippen LogP contribution in [0.2, 0.25) is 0 Å². The smallest absolute Gasteiger partial charge is 0.338 e. The molecule has 94 valence electrons. The van der Waals surface area contributed by atoms with E-state index in [0.29, 0.717) is 0 Å². The minimum Gasteiger partial charge on any atom is -0.748 e. The number of ether oxygens (including phenoxy) is 1. The summed E-state index contributed by atoms with van der Waals surface area (Å²) in [6.45, 7) is -0.138. The molecule has 0 heterocycles. The van der Waals surface area contributed by atoms with E-state index in [1.165, 1.54) is 24.3 Å². The molecule has 0 saturated heterocycles. The second-order valence-electron chi connectivity index (χ2n) is 3.30. The first-order chi connectivity index (χ1) is 7.88. The van der Waals surface area contributed by atoms with Crippen molar-refractivity contribution in [1.29, 1.82) is 0 Å². The molecule has 17 heavy (non-hydrogen) atoms. The molecule has 0 radical (unpaired) electrons. The van der Waals surface area contributed by atoms with E-state index in [4.69, 9.17) is 9.84 Å². The van der Waals surface area contributed by atoms with Gasteiger partial charge in [0.2, 0.25) is 0 Å². The Morgan fingerprint density at radius 2 is 1.88 bits per heavy atom. The van der Waals surface area contributed by atoms with Crippen LogP contribution in [0, 0.1) is 0 Å². The Kier molecular flexibility index (Phi) is 4.47. The number of esters is 1. The molecule has 7 heteroatoms. The molecule has 0 bridgehead atoms. The van der Waals surface area contributed by atoms with Gasteiger partial charge in [-0.25, -0.2) is 13.2 Å². The summed E-state index contributed by atoms with van der Waals surface area (Å²) in [5.74, 6) is -1.16. The summed E-state index contributed by atoms with van der Waals surface area (Å²) in [5, 5.41) is 8.99. The van der Waals surface area contributed by atoms with Crippen LogP contribution >= 0.6 is 0 Å². The Balaban J connectivity index is 2.38. The zero-order valence-corrected chi connectivity index (χ0v) is 9.64. The Bertz CT molecular complexity index is 476. The highest BCUT2D eigenvalue weighted by atomic mass is 32.2. The summed E-state index contributed by atoms with van der Waals surface area (Å²) in [6.07, 6.45) is -0.0321. The number of benzene rings is 1. The summed E-state index contributed by atoms with van der Waals surface area (Å²) >= 11 is 0. The van der Waals surface area contributed by atoms with Gasteiger partial charge in [0.1, 0.15) is 5.75 Å². The summed E-state index contributed by atoms with van der Waals surface area (Å²) in [5.41, 5.74) is 0.243. The van der Waals surface area contributed by atoms with Gasteiger partial charge in [-0.2, -0.15) is 0 Å². The lowest BCUT2D eigenvalue weighted by atomic mass is 10.2. The minimum absolute atomic E-state index is 0.0269. The van der Waals surface area contributed by atoms with Gasteiger partial charge >= 0.3 is 5.97 Å². The number of hydrogen-bond donors (Lipinski definition) is 1. The minimum atomic E-state index is -4.27. The van der Waals surface area contributed by atoms with Gasteiger partial charge in [0.05, 0.1) is 22.3 Å². The maximum atomic E-state index is 11.3. The van der Waals surface area contributed by atoms with E-state index < -0.39 is 21.8 Å². The first kappa shape index (κ1) is 13.5. The average molecular weight is 259 g/mol. The molecule has 0 saturated carbocycles. The van der Waals surface area contributed by atoms with Crippen molar-refractivity contribution in [2.45, 2.75) is 6.42 Å². The van der Waals surface area contributed by atoms with Crippen molar-refractivity contribution in [2.75, 3.05) is 12.4 Å². The van der Waals surface area contributed by atoms with Crippen LogP contribution in [0.1, 0.15) is 16.8 Å².